The summed E-state index contributed by atoms with van der Waals surface area (Å²) < 4.78 is 0. The molecule has 0 aromatic rings. The molecule has 0 rings (SSSR count). The molecule has 0 bridgehead atoms. The van der Waals surface area contributed by atoms with Crippen LogP contribution >= 0.6 is 0 Å². The molecule has 0 aromatic carbocycles. The molecule has 0 heterocycles. The number of nitrogens with zero attached hydrogens (tertiary/aromatic N) is 3. The molecule has 0 spiro atoms. The van der Waals surface area contributed by atoms with E-state index in [9.17, 15) is 14.4 Å². The average molecular weight is 223 g/mol. The summed E-state index contributed by atoms with van der Waals surface area (Å²) >= 11 is 0. The van der Waals surface area contributed by atoms with Crippen LogP contribution in [-0.2, 0) is 14.4 Å². The van der Waals surface area contributed by atoms with Gasteiger partial charge in [-0.05, 0) is 25.2 Å². The van der Waals surface area contributed by atoms with Crippen molar-refractivity contribution >= 4 is 18.2 Å². The molecule has 86 valence electrons. The third-order valence-electron chi connectivity index (χ3n) is 2.07. The summed E-state index contributed by atoms with van der Waals surface area (Å²) in [5.41, 5.74) is 0. The second-order valence-corrected chi connectivity index (χ2v) is 3.17. The van der Waals surface area contributed by atoms with E-state index in [2.05, 4.69) is 15.0 Å². The van der Waals surface area contributed by atoms with Crippen LogP contribution in [0.2, 0.25) is 0 Å². The predicted octanol–water partition coefficient (Wildman–Crippen LogP) is 0.780. The summed E-state index contributed by atoms with van der Waals surface area (Å²) in [5.74, 6) is 0.153. The minimum atomic E-state index is 0.153. The summed E-state index contributed by atoms with van der Waals surface area (Å²) in [4.78, 5) is 40.0. The van der Waals surface area contributed by atoms with Crippen LogP contribution in [-0.4, -0.2) is 37.9 Å². The van der Waals surface area contributed by atoms with Crippen molar-refractivity contribution < 1.29 is 14.4 Å². The largest absolute Gasteiger partial charge is 0.234 e. The Morgan fingerprint density at radius 2 is 1.44 bits per heavy atom. The van der Waals surface area contributed by atoms with Crippen LogP contribution in [0.5, 0.6) is 0 Å². The fraction of sp³-hybridized carbons (Fsp3) is 0.700. The van der Waals surface area contributed by atoms with Crippen molar-refractivity contribution in [3.63, 3.8) is 0 Å². The van der Waals surface area contributed by atoms with E-state index in [1.54, 1.807) is 0 Å². The Morgan fingerprint density at radius 1 is 0.812 bits per heavy atom. The van der Waals surface area contributed by atoms with Crippen LogP contribution in [0.3, 0.4) is 0 Å². The van der Waals surface area contributed by atoms with Gasteiger partial charge in [-0.2, -0.15) is 0 Å². The van der Waals surface area contributed by atoms with Crippen molar-refractivity contribution in [2.45, 2.75) is 19.3 Å². The van der Waals surface area contributed by atoms with Gasteiger partial charge in [0.15, 0.2) is 0 Å². The van der Waals surface area contributed by atoms with Crippen molar-refractivity contribution in [2.24, 2.45) is 20.9 Å². The van der Waals surface area contributed by atoms with Crippen molar-refractivity contribution in [3.05, 3.63) is 0 Å². The van der Waals surface area contributed by atoms with Gasteiger partial charge < -0.3 is 0 Å². The van der Waals surface area contributed by atoms with E-state index in [1.165, 1.54) is 18.2 Å². The molecule has 0 aliphatic carbocycles. The molecular weight excluding hydrogens is 210 g/mol. The van der Waals surface area contributed by atoms with Crippen LogP contribution in [0, 0.1) is 5.92 Å². The molecular formula is C10H13N3O3. The lowest BCUT2D eigenvalue weighted by molar-refractivity contribution is 0.453. The Hall–Kier alpha value is -1.86. The zero-order valence-electron chi connectivity index (χ0n) is 8.89. The van der Waals surface area contributed by atoms with Gasteiger partial charge in [0.25, 0.3) is 0 Å². The van der Waals surface area contributed by atoms with Crippen LogP contribution in [0.4, 0.5) is 0 Å². The van der Waals surface area contributed by atoms with E-state index in [-0.39, 0.29) is 5.92 Å². The number of hydrogen-bond donors (Lipinski definition) is 0. The lowest BCUT2D eigenvalue weighted by atomic mass is 9.99. The third-order valence-corrected chi connectivity index (χ3v) is 2.07. The molecule has 0 radical (unpaired) electrons. The highest BCUT2D eigenvalue weighted by Crippen LogP contribution is 2.11. The summed E-state index contributed by atoms with van der Waals surface area (Å²) in [5, 5.41) is 0. The van der Waals surface area contributed by atoms with Gasteiger partial charge in [-0.25, -0.2) is 29.4 Å². The maximum atomic E-state index is 9.97. The van der Waals surface area contributed by atoms with Crippen LogP contribution in [0.1, 0.15) is 19.3 Å². The Labute approximate surface area is 93.2 Å². The molecule has 1 atom stereocenters. The van der Waals surface area contributed by atoms with Gasteiger partial charge in [0.05, 0.1) is 19.6 Å². The normalized spacial score (nSPS) is 10.5. The molecule has 0 N–H and O–H groups in total. The highest BCUT2D eigenvalue weighted by atomic mass is 16.1. The maximum Gasteiger partial charge on any atom is 0.234 e. The molecule has 1 unspecified atom stereocenters. The smallest absolute Gasteiger partial charge is 0.211 e. The second kappa shape index (κ2) is 11.2. The predicted molar refractivity (Wildman–Crippen MR) is 56.3 cm³/mol. The monoisotopic (exact) mass is 223 g/mol. The van der Waals surface area contributed by atoms with E-state index >= 15 is 0 Å². The summed E-state index contributed by atoms with van der Waals surface area (Å²) in [6.45, 7) is 1.16. The molecule has 6 nitrogen and oxygen atoms in total. The average Bonchev–Trinajstić information content (AvgIpc) is 2.31. The molecule has 0 aliphatic rings. The van der Waals surface area contributed by atoms with E-state index in [0.29, 0.717) is 26.1 Å². The number of rotatable bonds is 9. The summed E-state index contributed by atoms with van der Waals surface area (Å²) in [7, 11) is 0. The molecule has 0 saturated carbocycles. The van der Waals surface area contributed by atoms with E-state index < -0.39 is 0 Å². The highest BCUT2D eigenvalue weighted by molar-refractivity contribution is 5.33. The van der Waals surface area contributed by atoms with Crippen molar-refractivity contribution in [1.29, 1.82) is 0 Å². The first kappa shape index (κ1) is 14.1. The standard InChI is InChI=1S/C10H13N3O3/c14-7-11-4-1-2-10(6-13-9-16)3-5-12-8-15/h10H,1-6H2. The molecule has 0 amide bonds. The first-order chi connectivity index (χ1) is 7.85. The Balaban J connectivity index is 3.92. The number of carbonyl (C=O) groups excluding carboxylic acids is 3. The van der Waals surface area contributed by atoms with Gasteiger partial charge in [0.1, 0.15) is 0 Å². The Bertz CT molecular complexity index is 324. The number of aliphatic imine (C=N–C) groups is 3. The zero-order chi connectivity index (χ0) is 12.1. The fourth-order valence-corrected chi connectivity index (χ4v) is 1.29. The summed E-state index contributed by atoms with van der Waals surface area (Å²) in [6, 6.07) is 0. The molecule has 0 saturated heterocycles. The first-order valence-electron chi connectivity index (χ1n) is 4.96. The van der Waals surface area contributed by atoms with Gasteiger partial charge in [-0.15, -0.1) is 0 Å². The molecule has 6 heteroatoms. The molecule has 0 aromatic heterocycles. The zero-order valence-corrected chi connectivity index (χ0v) is 8.89. The first-order valence-corrected chi connectivity index (χ1v) is 4.96. The fourth-order valence-electron chi connectivity index (χ4n) is 1.29. The van der Waals surface area contributed by atoms with E-state index in [0.717, 1.165) is 12.8 Å². The van der Waals surface area contributed by atoms with Crippen molar-refractivity contribution in [3.8, 4) is 0 Å². The molecule has 0 aliphatic heterocycles. The van der Waals surface area contributed by atoms with Crippen LogP contribution in [0.25, 0.3) is 0 Å². The van der Waals surface area contributed by atoms with Gasteiger partial charge in [0.2, 0.25) is 18.2 Å². The molecule has 0 fully saturated rings. The van der Waals surface area contributed by atoms with E-state index in [1.807, 2.05) is 0 Å². The van der Waals surface area contributed by atoms with Crippen molar-refractivity contribution in [2.75, 3.05) is 19.6 Å². The Kier molecular flexibility index (Phi) is 9.91. The van der Waals surface area contributed by atoms with Gasteiger partial charge in [-0.3, -0.25) is 0 Å². The van der Waals surface area contributed by atoms with Gasteiger partial charge >= 0.3 is 0 Å². The van der Waals surface area contributed by atoms with Crippen molar-refractivity contribution in [1.82, 2.24) is 0 Å². The van der Waals surface area contributed by atoms with Crippen LogP contribution < -0.4 is 0 Å². The van der Waals surface area contributed by atoms with E-state index in [4.69, 9.17) is 0 Å². The third kappa shape index (κ3) is 8.73. The minimum Gasteiger partial charge on any atom is -0.211 e. The highest BCUT2D eigenvalue weighted by Gasteiger charge is 2.07. The Morgan fingerprint density at radius 3 is 2.06 bits per heavy atom. The van der Waals surface area contributed by atoms with Gasteiger partial charge in [-0.1, -0.05) is 0 Å². The maximum absolute atomic E-state index is 9.97. The lowest BCUT2D eigenvalue weighted by Crippen LogP contribution is -2.07. The second-order valence-electron chi connectivity index (χ2n) is 3.17. The summed E-state index contributed by atoms with van der Waals surface area (Å²) in [6.07, 6.45) is 6.53. The van der Waals surface area contributed by atoms with Gasteiger partial charge in [0, 0.05) is 0 Å². The lowest BCUT2D eigenvalue weighted by Gasteiger charge is -2.10. The number of hydrogen-bond acceptors (Lipinski definition) is 6. The topological polar surface area (TPSA) is 88.3 Å². The molecule has 16 heavy (non-hydrogen) atoms. The van der Waals surface area contributed by atoms with Crippen LogP contribution in [0.15, 0.2) is 15.0 Å². The number of isocyanates is 3. The SMILES string of the molecule is O=C=NCCCC(CCN=C=O)CN=C=O. The minimum absolute atomic E-state index is 0.153. The quantitative estimate of drug-likeness (QED) is 0.328.